The molecule has 5 nitrogen and oxygen atoms in total. The van der Waals surface area contributed by atoms with Crippen LogP contribution in [0.2, 0.25) is 0 Å². The second kappa shape index (κ2) is 4.43. The summed E-state index contributed by atoms with van der Waals surface area (Å²) in [6, 6.07) is 1.78. The van der Waals surface area contributed by atoms with E-state index in [9.17, 15) is 13.5 Å². The zero-order valence-electron chi connectivity index (χ0n) is 11.7. The number of nitrogens with zero attached hydrogens (tertiary/aromatic N) is 1. The van der Waals surface area contributed by atoms with Crippen molar-refractivity contribution < 1.29 is 18.3 Å². The Morgan fingerprint density at radius 1 is 1.35 bits per heavy atom. The van der Waals surface area contributed by atoms with E-state index < -0.39 is 25.9 Å². The molecule has 0 amide bonds. The first-order chi connectivity index (χ1) is 9.37. The lowest BCUT2D eigenvalue weighted by Crippen LogP contribution is -2.43. The van der Waals surface area contributed by atoms with Gasteiger partial charge in [-0.15, -0.1) is 0 Å². The smallest absolute Gasteiger partial charge is 0.213 e. The number of methoxy groups -OCH3 is 1. The highest BCUT2D eigenvalue weighted by Crippen LogP contribution is 2.48. The van der Waals surface area contributed by atoms with Crippen molar-refractivity contribution in [3.05, 3.63) is 23.4 Å². The molecule has 2 atom stereocenters. The van der Waals surface area contributed by atoms with Crippen molar-refractivity contribution in [3.8, 4) is 5.88 Å². The molecular weight excluding hydrogens is 278 g/mol. The molecule has 3 rings (SSSR count). The van der Waals surface area contributed by atoms with E-state index in [1.54, 1.807) is 19.4 Å². The first-order valence-electron chi connectivity index (χ1n) is 6.83. The summed E-state index contributed by atoms with van der Waals surface area (Å²) in [6.45, 7) is 1.89. The number of aryl methyl sites for hydroxylation is 1. The fraction of sp³-hybridized carbons (Fsp3) is 0.643. The molecule has 1 aromatic heterocycles. The SMILES string of the molecule is COc1cc(C)c(C2(O)CC3CCC(C2)S3(=O)=O)cn1. The molecule has 2 bridgehead atoms. The van der Waals surface area contributed by atoms with Crippen molar-refractivity contribution in [1.82, 2.24) is 4.98 Å². The number of pyridine rings is 1. The van der Waals surface area contributed by atoms with E-state index in [4.69, 9.17) is 4.74 Å². The van der Waals surface area contributed by atoms with E-state index in [-0.39, 0.29) is 12.8 Å². The number of hydrogen-bond donors (Lipinski definition) is 1. The van der Waals surface area contributed by atoms with E-state index in [0.717, 1.165) is 11.1 Å². The molecule has 2 aliphatic rings. The van der Waals surface area contributed by atoms with Crippen LogP contribution >= 0.6 is 0 Å². The summed E-state index contributed by atoms with van der Waals surface area (Å²) in [5.41, 5.74) is 0.531. The number of hydrogen-bond acceptors (Lipinski definition) is 5. The van der Waals surface area contributed by atoms with Crippen LogP contribution in [-0.2, 0) is 15.4 Å². The predicted octanol–water partition coefficient (Wildman–Crippen LogP) is 1.33. The number of aliphatic hydroxyl groups is 1. The third-order valence-electron chi connectivity index (χ3n) is 4.67. The molecule has 6 heteroatoms. The Morgan fingerprint density at radius 2 is 1.95 bits per heavy atom. The van der Waals surface area contributed by atoms with Gasteiger partial charge in [0.25, 0.3) is 0 Å². The zero-order valence-corrected chi connectivity index (χ0v) is 12.5. The van der Waals surface area contributed by atoms with Gasteiger partial charge in [-0.05, 0) is 38.2 Å². The van der Waals surface area contributed by atoms with Gasteiger partial charge in [-0.3, -0.25) is 0 Å². The van der Waals surface area contributed by atoms with Crippen molar-refractivity contribution >= 4 is 9.84 Å². The number of fused-ring (bicyclic) bond motifs is 2. The van der Waals surface area contributed by atoms with Gasteiger partial charge < -0.3 is 9.84 Å². The van der Waals surface area contributed by atoms with Crippen molar-refractivity contribution in [3.63, 3.8) is 0 Å². The molecular formula is C14H19NO4S. The van der Waals surface area contributed by atoms with E-state index in [1.165, 1.54) is 0 Å². The molecule has 0 aliphatic carbocycles. The Morgan fingerprint density at radius 3 is 2.45 bits per heavy atom. The predicted molar refractivity (Wildman–Crippen MR) is 74.4 cm³/mol. The van der Waals surface area contributed by atoms with Crippen molar-refractivity contribution in [1.29, 1.82) is 0 Å². The van der Waals surface area contributed by atoms with Gasteiger partial charge in [0.15, 0.2) is 9.84 Å². The lowest BCUT2D eigenvalue weighted by Gasteiger charge is -2.37. The molecule has 0 aromatic carbocycles. The van der Waals surface area contributed by atoms with Crippen LogP contribution < -0.4 is 4.74 Å². The number of sulfone groups is 1. The van der Waals surface area contributed by atoms with Crippen LogP contribution in [0, 0.1) is 6.92 Å². The Bertz CT molecular complexity index is 621. The number of ether oxygens (including phenoxy) is 1. The first-order valence-corrected chi connectivity index (χ1v) is 8.44. The van der Waals surface area contributed by atoms with Crippen LogP contribution in [-0.4, -0.2) is 36.1 Å². The van der Waals surface area contributed by atoms with Crippen LogP contribution in [0.5, 0.6) is 5.88 Å². The summed E-state index contributed by atoms with van der Waals surface area (Å²) in [6.07, 6.45) is 3.50. The van der Waals surface area contributed by atoms with Crippen LogP contribution in [0.25, 0.3) is 0 Å². The fourth-order valence-corrected chi connectivity index (χ4v) is 6.08. The summed E-state index contributed by atoms with van der Waals surface area (Å²) < 4.78 is 29.3. The van der Waals surface area contributed by atoms with Gasteiger partial charge in [0.2, 0.25) is 5.88 Å². The Balaban J connectivity index is 1.99. The van der Waals surface area contributed by atoms with Gasteiger partial charge in [0, 0.05) is 17.8 Å². The summed E-state index contributed by atoms with van der Waals surface area (Å²) in [5, 5.41) is 10.1. The molecule has 2 unspecified atom stereocenters. The molecule has 1 N–H and O–H groups in total. The van der Waals surface area contributed by atoms with Crippen molar-refractivity contribution in [2.75, 3.05) is 7.11 Å². The highest BCUT2D eigenvalue weighted by atomic mass is 32.2. The Hall–Kier alpha value is -1.14. The second-order valence-corrected chi connectivity index (χ2v) is 8.40. The lowest BCUT2D eigenvalue weighted by molar-refractivity contribution is 0.0163. The molecule has 110 valence electrons. The molecule has 3 heterocycles. The Labute approximate surface area is 118 Å². The molecule has 0 spiro atoms. The van der Waals surface area contributed by atoms with Gasteiger partial charge in [-0.2, -0.15) is 0 Å². The highest BCUT2D eigenvalue weighted by Gasteiger charge is 2.53. The molecule has 0 radical (unpaired) electrons. The van der Waals surface area contributed by atoms with Crippen molar-refractivity contribution in [2.24, 2.45) is 0 Å². The molecule has 2 aliphatic heterocycles. The van der Waals surface area contributed by atoms with Crippen LogP contribution in [0.1, 0.15) is 36.8 Å². The quantitative estimate of drug-likeness (QED) is 0.891. The summed E-state index contributed by atoms with van der Waals surface area (Å²) >= 11 is 0. The summed E-state index contributed by atoms with van der Waals surface area (Å²) in [4.78, 5) is 4.15. The van der Waals surface area contributed by atoms with Gasteiger partial charge in [-0.1, -0.05) is 0 Å². The topological polar surface area (TPSA) is 76.5 Å². The average molecular weight is 297 g/mol. The van der Waals surface area contributed by atoms with Crippen LogP contribution in [0.3, 0.4) is 0 Å². The monoisotopic (exact) mass is 297 g/mol. The van der Waals surface area contributed by atoms with E-state index in [0.29, 0.717) is 18.7 Å². The molecule has 1 aromatic rings. The van der Waals surface area contributed by atoms with Gasteiger partial charge in [-0.25, -0.2) is 13.4 Å². The zero-order chi connectivity index (χ0) is 14.5. The minimum absolute atomic E-state index is 0.278. The number of rotatable bonds is 2. The Kier molecular flexibility index (Phi) is 3.06. The lowest BCUT2D eigenvalue weighted by atomic mass is 9.84. The molecule has 0 saturated carbocycles. The summed E-state index contributed by atoms with van der Waals surface area (Å²) in [5.74, 6) is 0.501. The van der Waals surface area contributed by atoms with E-state index in [1.807, 2.05) is 6.92 Å². The third-order valence-corrected chi connectivity index (χ3v) is 7.33. The van der Waals surface area contributed by atoms with Gasteiger partial charge in [0.1, 0.15) is 0 Å². The molecule has 20 heavy (non-hydrogen) atoms. The minimum atomic E-state index is -3.04. The van der Waals surface area contributed by atoms with E-state index >= 15 is 0 Å². The fourth-order valence-electron chi connectivity index (χ4n) is 3.59. The van der Waals surface area contributed by atoms with Gasteiger partial charge in [0.05, 0.1) is 23.2 Å². The van der Waals surface area contributed by atoms with Crippen LogP contribution in [0.4, 0.5) is 0 Å². The summed E-state index contributed by atoms with van der Waals surface area (Å²) in [7, 11) is -1.49. The maximum absolute atomic E-state index is 12.1. The molecule has 2 saturated heterocycles. The standard InChI is InChI=1S/C14H19NO4S/c1-9-5-13(19-2)15-8-12(9)14(16)6-10-3-4-11(7-14)20(10,17)18/h5,8,10-11,16H,3-4,6-7H2,1-2H3. The normalized spacial score (nSPS) is 35.0. The second-order valence-electron chi connectivity index (χ2n) is 5.89. The first kappa shape index (κ1) is 13.8. The third kappa shape index (κ3) is 1.93. The average Bonchev–Trinajstić information content (AvgIpc) is 2.58. The maximum Gasteiger partial charge on any atom is 0.213 e. The molecule has 2 fully saturated rings. The highest BCUT2D eigenvalue weighted by molar-refractivity contribution is 7.93. The largest absolute Gasteiger partial charge is 0.481 e. The van der Waals surface area contributed by atoms with Crippen LogP contribution in [0.15, 0.2) is 12.3 Å². The van der Waals surface area contributed by atoms with Gasteiger partial charge >= 0.3 is 0 Å². The van der Waals surface area contributed by atoms with E-state index in [2.05, 4.69) is 4.98 Å². The maximum atomic E-state index is 12.1. The number of aromatic nitrogens is 1. The van der Waals surface area contributed by atoms with Crippen molar-refractivity contribution in [2.45, 2.75) is 48.7 Å². The minimum Gasteiger partial charge on any atom is -0.481 e.